The molecular formula is C17H24BrNO4. The fraction of sp³-hybridized carbons (Fsp3) is 0.588. The van der Waals surface area contributed by atoms with E-state index in [1.54, 1.807) is 0 Å². The number of benzene rings is 1. The molecule has 0 aliphatic carbocycles. The summed E-state index contributed by atoms with van der Waals surface area (Å²) in [5.41, 5.74) is 0.769. The van der Waals surface area contributed by atoms with Gasteiger partial charge < -0.3 is 14.9 Å². The van der Waals surface area contributed by atoms with Crippen molar-refractivity contribution in [1.29, 1.82) is 0 Å². The zero-order valence-corrected chi connectivity index (χ0v) is 14.9. The molecule has 2 fully saturated rings. The van der Waals surface area contributed by atoms with E-state index in [-0.39, 0.29) is 53.8 Å². The molecular weight excluding hydrogens is 362 g/mol. The van der Waals surface area contributed by atoms with E-state index in [0.29, 0.717) is 6.42 Å². The number of aliphatic hydroxyl groups is 2. The number of ether oxygens (including phenoxy) is 1. The van der Waals surface area contributed by atoms with Crippen LogP contribution in [0.5, 0.6) is 0 Å². The molecule has 2 heterocycles. The van der Waals surface area contributed by atoms with Crippen LogP contribution in [0.25, 0.3) is 0 Å². The van der Waals surface area contributed by atoms with Gasteiger partial charge in [-0.05, 0) is 19.0 Å². The van der Waals surface area contributed by atoms with Gasteiger partial charge in [-0.25, -0.2) is 0 Å². The summed E-state index contributed by atoms with van der Waals surface area (Å²) < 4.78 is 5.64. The molecule has 2 aliphatic rings. The third kappa shape index (κ3) is 3.76. The molecule has 5 nitrogen and oxygen atoms in total. The van der Waals surface area contributed by atoms with Crippen molar-refractivity contribution in [2.24, 2.45) is 0 Å². The quantitative estimate of drug-likeness (QED) is 0.768. The lowest BCUT2D eigenvalue weighted by Gasteiger charge is -2.36. The average Bonchev–Trinajstić information content (AvgIpc) is 2.68. The van der Waals surface area contributed by atoms with Crippen LogP contribution in [0.1, 0.15) is 30.7 Å². The van der Waals surface area contributed by atoms with Gasteiger partial charge in [-0.3, -0.25) is 9.69 Å². The Morgan fingerprint density at radius 3 is 2.61 bits per heavy atom. The number of likely N-dealkylation sites (N-methyl/N-ethyl adjacent to an activating group) is 1. The second-order valence-electron chi connectivity index (χ2n) is 6.37. The predicted octanol–water partition coefficient (Wildman–Crippen LogP) is 1.48. The Balaban J connectivity index is 0.00000192. The lowest BCUT2D eigenvalue weighted by Crippen LogP contribution is -2.45. The zero-order valence-electron chi connectivity index (χ0n) is 13.2. The number of piperidine rings is 1. The lowest BCUT2D eigenvalue weighted by atomic mass is 9.98. The molecule has 2 unspecified atom stereocenters. The number of rotatable bonds is 4. The summed E-state index contributed by atoms with van der Waals surface area (Å²) in [6.07, 6.45) is 1.66. The Kier molecular flexibility index (Phi) is 6.19. The van der Waals surface area contributed by atoms with E-state index in [2.05, 4.69) is 4.90 Å². The molecule has 23 heavy (non-hydrogen) atoms. The number of nitrogens with zero attached hydrogens (tertiary/aromatic N) is 1. The second-order valence-corrected chi connectivity index (χ2v) is 6.37. The van der Waals surface area contributed by atoms with E-state index in [1.807, 2.05) is 37.4 Å². The minimum atomic E-state index is -0.636. The lowest BCUT2D eigenvalue weighted by molar-refractivity contribution is -0.155. The summed E-state index contributed by atoms with van der Waals surface area (Å²) in [7, 11) is 2.02. The van der Waals surface area contributed by atoms with Gasteiger partial charge in [0.2, 0.25) is 0 Å². The van der Waals surface area contributed by atoms with Gasteiger partial charge in [0, 0.05) is 24.9 Å². The summed E-state index contributed by atoms with van der Waals surface area (Å²) in [5.74, 6) is -1.01. The Hall–Kier alpha value is -0.950. The molecule has 0 spiro atoms. The maximum absolute atomic E-state index is 12.4. The third-order valence-corrected chi connectivity index (χ3v) is 5.05. The maximum atomic E-state index is 12.4. The number of hydrogen-bond acceptors (Lipinski definition) is 5. The number of carbonyl (C=O) groups is 1. The average molecular weight is 386 g/mol. The van der Waals surface area contributed by atoms with Gasteiger partial charge >= 0.3 is 5.97 Å². The molecule has 2 N–H and O–H groups in total. The highest BCUT2D eigenvalue weighted by Crippen LogP contribution is 2.36. The predicted molar refractivity (Wildman–Crippen MR) is 91.7 cm³/mol. The summed E-state index contributed by atoms with van der Waals surface area (Å²) in [6, 6.07) is 9.56. The van der Waals surface area contributed by atoms with E-state index in [0.717, 1.165) is 18.4 Å². The molecule has 0 aromatic heterocycles. The van der Waals surface area contributed by atoms with Crippen LogP contribution < -0.4 is 0 Å². The molecule has 2 saturated heterocycles. The highest BCUT2D eigenvalue weighted by molar-refractivity contribution is 8.93. The zero-order chi connectivity index (χ0) is 15.7. The van der Waals surface area contributed by atoms with Crippen LogP contribution >= 0.6 is 17.0 Å². The molecule has 1 aromatic rings. The smallest absolute Gasteiger partial charge is 0.316 e. The Morgan fingerprint density at radius 2 is 2.00 bits per heavy atom. The molecule has 2 aliphatic heterocycles. The number of esters is 1. The molecule has 0 amide bonds. The van der Waals surface area contributed by atoms with E-state index in [9.17, 15) is 15.0 Å². The second kappa shape index (κ2) is 7.75. The Bertz CT molecular complexity index is 527. The van der Waals surface area contributed by atoms with Crippen molar-refractivity contribution in [3.05, 3.63) is 35.9 Å². The van der Waals surface area contributed by atoms with Crippen LogP contribution in [-0.4, -0.2) is 59.0 Å². The molecule has 2 bridgehead atoms. The van der Waals surface area contributed by atoms with Crippen molar-refractivity contribution in [2.45, 2.75) is 49.5 Å². The van der Waals surface area contributed by atoms with Crippen molar-refractivity contribution < 1.29 is 19.7 Å². The van der Waals surface area contributed by atoms with E-state index < -0.39 is 5.92 Å². The van der Waals surface area contributed by atoms with Crippen LogP contribution in [0.3, 0.4) is 0 Å². The van der Waals surface area contributed by atoms with Crippen molar-refractivity contribution >= 4 is 23.0 Å². The highest BCUT2D eigenvalue weighted by atomic mass is 79.9. The SMILES string of the molecule is Br.CN1C2C[C@H](OC(=O)[C@H](CO)c3ccccc3)CC1[C@@H](O)C2. The first kappa shape index (κ1) is 18.4. The standard InChI is InChI=1S/C17H23NO4.BrH/c1-18-12-7-13(9-15(18)16(20)8-12)22-17(21)14(10-19)11-5-3-2-4-6-11;/h2-6,12-16,19-20H,7-10H2,1H3;1H/t12?,13-,14+,15?,16-;/m0./s1. The molecule has 0 radical (unpaired) electrons. The summed E-state index contributed by atoms with van der Waals surface area (Å²) in [4.78, 5) is 14.6. The maximum Gasteiger partial charge on any atom is 0.316 e. The van der Waals surface area contributed by atoms with E-state index in [1.165, 1.54) is 0 Å². The monoisotopic (exact) mass is 385 g/mol. The minimum absolute atomic E-state index is 0. The van der Waals surface area contributed by atoms with Gasteiger partial charge in [0.1, 0.15) is 12.0 Å². The van der Waals surface area contributed by atoms with Crippen molar-refractivity contribution in [1.82, 2.24) is 4.90 Å². The van der Waals surface area contributed by atoms with Crippen LogP contribution in [-0.2, 0) is 9.53 Å². The van der Waals surface area contributed by atoms with E-state index >= 15 is 0 Å². The van der Waals surface area contributed by atoms with Crippen LogP contribution in [0, 0.1) is 0 Å². The Labute approximate surface area is 147 Å². The number of carbonyl (C=O) groups excluding carboxylic acids is 1. The fourth-order valence-electron chi connectivity index (χ4n) is 3.74. The number of halogens is 1. The third-order valence-electron chi connectivity index (χ3n) is 5.05. The van der Waals surface area contributed by atoms with Crippen molar-refractivity contribution in [2.75, 3.05) is 13.7 Å². The molecule has 0 saturated carbocycles. The molecule has 1 aromatic carbocycles. The van der Waals surface area contributed by atoms with Crippen molar-refractivity contribution in [3.8, 4) is 0 Å². The number of fused-ring (bicyclic) bond motifs is 2. The first-order chi connectivity index (χ1) is 10.6. The van der Waals surface area contributed by atoms with Crippen LogP contribution in [0.4, 0.5) is 0 Å². The van der Waals surface area contributed by atoms with Crippen LogP contribution in [0.15, 0.2) is 30.3 Å². The minimum Gasteiger partial charge on any atom is -0.462 e. The highest BCUT2D eigenvalue weighted by Gasteiger charge is 2.45. The largest absolute Gasteiger partial charge is 0.462 e. The first-order valence-corrected chi connectivity index (χ1v) is 7.86. The number of aliphatic hydroxyl groups excluding tert-OH is 2. The molecule has 3 rings (SSSR count). The fourth-order valence-corrected chi connectivity index (χ4v) is 3.74. The Morgan fingerprint density at radius 1 is 1.30 bits per heavy atom. The van der Waals surface area contributed by atoms with Gasteiger partial charge in [-0.2, -0.15) is 0 Å². The summed E-state index contributed by atoms with van der Waals surface area (Å²) >= 11 is 0. The topological polar surface area (TPSA) is 70.0 Å². The molecule has 128 valence electrons. The molecule has 6 heteroatoms. The van der Waals surface area contributed by atoms with Gasteiger partial charge in [0.25, 0.3) is 0 Å². The van der Waals surface area contributed by atoms with Crippen molar-refractivity contribution in [3.63, 3.8) is 0 Å². The number of hydrogen-bond donors (Lipinski definition) is 2. The van der Waals surface area contributed by atoms with Crippen LogP contribution in [0.2, 0.25) is 0 Å². The van der Waals surface area contributed by atoms with Gasteiger partial charge in [-0.1, -0.05) is 30.3 Å². The van der Waals surface area contributed by atoms with Gasteiger partial charge in [-0.15, -0.1) is 17.0 Å². The summed E-state index contributed by atoms with van der Waals surface area (Å²) in [6.45, 7) is -0.259. The van der Waals surface area contributed by atoms with Gasteiger partial charge in [0.05, 0.1) is 12.7 Å². The molecule has 5 atom stereocenters. The first-order valence-electron chi connectivity index (χ1n) is 7.86. The summed E-state index contributed by atoms with van der Waals surface area (Å²) in [5, 5.41) is 19.6. The van der Waals surface area contributed by atoms with Gasteiger partial charge in [0.15, 0.2) is 0 Å². The normalized spacial score (nSPS) is 31.3. The van der Waals surface area contributed by atoms with E-state index in [4.69, 9.17) is 4.74 Å².